The first-order chi connectivity index (χ1) is 8.06. The average Bonchev–Trinajstić information content (AvgIpc) is 2.29. The highest BCUT2D eigenvalue weighted by Crippen LogP contribution is 2.26. The van der Waals surface area contributed by atoms with Gasteiger partial charge in [0.2, 0.25) is 0 Å². The van der Waals surface area contributed by atoms with Crippen molar-refractivity contribution in [1.82, 2.24) is 9.97 Å². The van der Waals surface area contributed by atoms with E-state index < -0.39 is 5.82 Å². The van der Waals surface area contributed by atoms with Gasteiger partial charge in [-0.1, -0.05) is 0 Å². The van der Waals surface area contributed by atoms with Crippen LogP contribution in [0.25, 0.3) is 0 Å². The van der Waals surface area contributed by atoms with Gasteiger partial charge in [-0.3, -0.25) is 0 Å². The van der Waals surface area contributed by atoms with Gasteiger partial charge >= 0.3 is 6.01 Å². The van der Waals surface area contributed by atoms with E-state index in [0.29, 0.717) is 5.69 Å². The van der Waals surface area contributed by atoms with Crippen molar-refractivity contribution in [3.05, 3.63) is 40.4 Å². The summed E-state index contributed by atoms with van der Waals surface area (Å²) in [6, 6.07) is 2.80. The van der Waals surface area contributed by atoms with Crippen LogP contribution < -0.4 is 10.5 Å². The van der Waals surface area contributed by atoms with Gasteiger partial charge in [-0.2, -0.15) is 0 Å². The second kappa shape index (κ2) is 4.67. The Hall–Kier alpha value is -1.69. The molecule has 2 rings (SSSR count). The van der Waals surface area contributed by atoms with Gasteiger partial charge in [0, 0.05) is 24.1 Å². The fourth-order valence-electron chi connectivity index (χ4n) is 1.20. The van der Waals surface area contributed by atoms with Crippen molar-refractivity contribution in [3.8, 4) is 11.8 Å². The van der Waals surface area contributed by atoms with Crippen LogP contribution in [0.15, 0.2) is 29.0 Å². The fourth-order valence-corrected chi connectivity index (χ4v) is 1.40. The van der Waals surface area contributed by atoms with E-state index in [1.807, 2.05) is 0 Å². The minimum Gasteiger partial charge on any atom is -0.421 e. The Labute approximate surface area is 106 Å². The molecule has 4 nitrogen and oxygen atoms in total. The Balaban J connectivity index is 2.30. The lowest BCUT2D eigenvalue weighted by Gasteiger charge is -2.07. The number of benzene rings is 1. The van der Waals surface area contributed by atoms with Crippen LogP contribution in [-0.4, -0.2) is 9.97 Å². The van der Waals surface area contributed by atoms with E-state index in [-0.39, 0.29) is 11.8 Å². The molecule has 1 aromatic carbocycles. The first-order valence-corrected chi connectivity index (χ1v) is 5.56. The number of aromatic nitrogens is 2. The summed E-state index contributed by atoms with van der Waals surface area (Å²) >= 11 is 3.20. The van der Waals surface area contributed by atoms with Crippen LogP contribution >= 0.6 is 15.9 Å². The molecule has 1 aromatic heterocycles. The zero-order chi connectivity index (χ0) is 12.4. The van der Waals surface area contributed by atoms with Crippen LogP contribution in [0.5, 0.6) is 11.8 Å². The second-order valence-electron chi connectivity index (χ2n) is 3.43. The molecule has 0 aliphatic heterocycles. The maximum absolute atomic E-state index is 13.5. The summed E-state index contributed by atoms with van der Waals surface area (Å²) in [7, 11) is 0. The number of nitrogen functional groups attached to an aromatic ring is 1. The first kappa shape index (κ1) is 11.8. The van der Waals surface area contributed by atoms with Crippen LogP contribution in [0.3, 0.4) is 0 Å². The summed E-state index contributed by atoms with van der Waals surface area (Å²) in [6.45, 7) is 1.77. The molecular weight excluding hydrogens is 289 g/mol. The van der Waals surface area contributed by atoms with Crippen molar-refractivity contribution in [2.45, 2.75) is 6.92 Å². The van der Waals surface area contributed by atoms with E-state index in [4.69, 9.17) is 10.5 Å². The first-order valence-electron chi connectivity index (χ1n) is 4.77. The molecule has 0 radical (unpaired) electrons. The van der Waals surface area contributed by atoms with Crippen molar-refractivity contribution < 1.29 is 9.13 Å². The molecule has 88 valence electrons. The summed E-state index contributed by atoms with van der Waals surface area (Å²) in [5.74, 6) is -0.487. The lowest BCUT2D eigenvalue weighted by molar-refractivity contribution is 0.410. The van der Waals surface area contributed by atoms with Crippen LogP contribution in [0, 0.1) is 12.7 Å². The van der Waals surface area contributed by atoms with E-state index in [1.165, 1.54) is 24.5 Å². The third-order valence-corrected chi connectivity index (χ3v) is 2.53. The molecule has 0 spiro atoms. The Morgan fingerprint density at radius 2 is 1.94 bits per heavy atom. The van der Waals surface area contributed by atoms with Gasteiger partial charge in [-0.15, -0.1) is 0 Å². The predicted octanol–water partition coefficient (Wildman–Crippen LogP) is 3.06. The van der Waals surface area contributed by atoms with Crippen LogP contribution in [-0.2, 0) is 0 Å². The van der Waals surface area contributed by atoms with Gasteiger partial charge in [-0.05, 0) is 34.5 Å². The number of nitrogens with zero attached hydrogens (tertiary/aromatic N) is 2. The Bertz CT molecular complexity index is 545. The van der Waals surface area contributed by atoms with Crippen molar-refractivity contribution >= 4 is 21.6 Å². The largest absolute Gasteiger partial charge is 0.421 e. The number of nitrogens with two attached hydrogens (primary N) is 1. The third kappa shape index (κ3) is 2.71. The molecule has 0 atom stereocenters. The van der Waals surface area contributed by atoms with Crippen LogP contribution in [0.2, 0.25) is 0 Å². The molecule has 0 bridgehead atoms. The van der Waals surface area contributed by atoms with Gasteiger partial charge < -0.3 is 10.5 Å². The number of aryl methyl sites for hydroxylation is 1. The van der Waals surface area contributed by atoms with Crippen molar-refractivity contribution in [2.75, 3.05) is 5.73 Å². The molecule has 1 heterocycles. The van der Waals surface area contributed by atoms with Gasteiger partial charge in [-0.25, -0.2) is 14.4 Å². The summed E-state index contributed by atoms with van der Waals surface area (Å²) in [5.41, 5.74) is 6.69. The number of hydrogen-bond donors (Lipinski definition) is 1. The molecule has 0 aliphatic rings. The monoisotopic (exact) mass is 297 g/mol. The molecule has 0 saturated carbocycles. The maximum Gasteiger partial charge on any atom is 0.322 e. The summed E-state index contributed by atoms with van der Waals surface area (Å²) < 4.78 is 19.5. The molecule has 17 heavy (non-hydrogen) atoms. The number of ether oxygens (including phenoxy) is 1. The molecule has 2 aromatic rings. The highest BCUT2D eigenvalue weighted by molar-refractivity contribution is 9.10. The quantitative estimate of drug-likeness (QED) is 0.866. The SMILES string of the molecule is Cc1cc(Oc2ncc(Br)cn2)c(F)cc1N. The van der Waals surface area contributed by atoms with E-state index in [2.05, 4.69) is 25.9 Å². The van der Waals surface area contributed by atoms with Gasteiger partial charge in [0.25, 0.3) is 0 Å². The second-order valence-corrected chi connectivity index (χ2v) is 4.34. The number of rotatable bonds is 2. The fraction of sp³-hybridized carbons (Fsp3) is 0.0909. The lowest BCUT2D eigenvalue weighted by atomic mass is 10.2. The van der Waals surface area contributed by atoms with Gasteiger partial charge in [0.15, 0.2) is 11.6 Å². The van der Waals surface area contributed by atoms with Crippen LogP contribution in [0.4, 0.5) is 10.1 Å². The molecule has 0 saturated heterocycles. The minimum absolute atomic E-state index is 0.0547. The zero-order valence-corrected chi connectivity index (χ0v) is 10.5. The molecule has 6 heteroatoms. The zero-order valence-electron chi connectivity index (χ0n) is 8.95. The van der Waals surface area contributed by atoms with Crippen molar-refractivity contribution in [1.29, 1.82) is 0 Å². The Kier molecular flexibility index (Phi) is 3.23. The van der Waals surface area contributed by atoms with E-state index in [1.54, 1.807) is 6.92 Å². The Morgan fingerprint density at radius 3 is 2.59 bits per heavy atom. The standard InChI is InChI=1S/C11H9BrFN3O/c1-6-2-10(8(13)3-9(6)14)17-11-15-4-7(12)5-16-11/h2-5H,14H2,1H3. The molecule has 0 aliphatic carbocycles. The van der Waals surface area contributed by atoms with Gasteiger partial charge in [0.1, 0.15) is 0 Å². The highest BCUT2D eigenvalue weighted by Gasteiger charge is 2.09. The normalized spacial score (nSPS) is 10.3. The average molecular weight is 298 g/mol. The lowest BCUT2D eigenvalue weighted by Crippen LogP contribution is -1.97. The van der Waals surface area contributed by atoms with E-state index in [0.717, 1.165) is 10.0 Å². The maximum atomic E-state index is 13.5. The molecule has 0 amide bonds. The number of anilines is 1. The van der Waals surface area contributed by atoms with Crippen LogP contribution in [0.1, 0.15) is 5.56 Å². The molecule has 0 fully saturated rings. The summed E-state index contributed by atoms with van der Waals surface area (Å²) in [4.78, 5) is 7.78. The topological polar surface area (TPSA) is 61.0 Å². The van der Waals surface area contributed by atoms with E-state index in [9.17, 15) is 4.39 Å². The van der Waals surface area contributed by atoms with Crippen molar-refractivity contribution in [2.24, 2.45) is 0 Å². The highest BCUT2D eigenvalue weighted by atomic mass is 79.9. The summed E-state index contributed by atoms with van der Waals surface area (Å²) in [5, 5.41) is 0. The summed E-state index contributed by atoms with van der Waals surface area (Å²) in [6.07, 6.45) is 3.04. The van der Waals surface area contributed by atoms with Gasteiger partial charge in [0.05, 0.1) is 4.47 Å². The minimum atomic E-state index is -0.542. The van der Waals surface area contributed by atoms with Crippen molar-refractivity contribution in [3.63, 3.8) is 0 Å². The molecular formula is C11H9BrFN3O. The molecule has 2 N–H and O–H groups in total. The number of hydrogen-bond acceptors (Lipinski definition) is 4. The number of halogens is 2. The third-order valence-electron chi connectivity index (χ3n) is 2.12. The molecule has 0 unspecified atom stereocenters. The Morgan fingerprint density at radius 1 is 1.29 bits per heavy atom. The predicted molar refractivity (Wildman–Crippen MR) is 65.4 cm³/mol. The smallest absolute Gasteiger partial charge is 0.322 e. The van der Waals surface area contributed by atoms with E-state index >= 15 is 0 Å².